The number of hydrogen-bond donors (Lipinski definition) is 6. The smallest absolute Gasteiger partial charge is 0.395 e. The number of nitrogens with zero attached hydrogens (tertiary/aromatic N) is 1. The Morgan fingerprint density at radius 3 is 2.35 bits per heavy atom. The number of benzene rings is 1. The monoisotopic (exact) mass is 465 g/mol. The van der Waals surface area contributed by atoms with Gasteiger partial charge < -0.3 is 35.0 Å². The van der Waals surface area contributed by atoms with Gasteiger partial charge in [-0.1, -0.05) is 30.3 Å². The lowest BCUT2D eigenvalue weighted by Gasteiger charge is -2.43. The zero-order valence-electron chi connectivity index (χ0n) is 16.4. The fourth-order valence-electron chi connectivity index (χ4n) is 3.82. The molecule has 13 heteroatoms. The van der Waals surface area contributed by atoms with Crippen molar-refractivity contribution in [3.63, 3.8) is 0 Å². The maximum absolute atomic E-state index is 11.3. The number of aliphatic hydroxyl groups excluding tert-OH is 5. The maximum atomic E-state index is 11.3. The summed E-state index contributed by atoms with van der Waals surface area (Å²) in [4.78, 5) is 1.43. The molecule has 8 atom stereocenters. The SMILES string of the molecule is O=S(=O)(O)O[C@H]1[C@H](O)[C@@H](O)[C@H](OCc2ccccc2)O[C@@H]1CN1C[C@@H](O)[C@H](O)[C@H]1CO. The van der Waals surface area contributed by atoms with Crippen LogP contribution in [0.4, 0.5) is 0 Å². The van der Waals surface area contributed by atoms with Gasteiger partial charge in [0, 0.05) is 13.1 Å². The van der Waals surface area contributed by atoms with Crippen LogP contribution in [0.1, 0.15) is 5.56 Å². The van der Waals surface area contributed by atoms with E-state index in [1.807, 2.05) is 6.07 Å². The first-order valence-electron chi connectivity index (χ1n) is 9.64. The number of rotatable bonds is 8. The Morgan fingerprint density at radius 2 is 1.74 bits per heavy atom. The number of hydrogen-bond acceptors (Lipinski definition) is 11. The molecule has 2 aliphatic heterocycles. The summed E-state index contributed by atoms with van der Waals surface area (Å²) in [6, 6.07) is 8.03. The molecule has 0 aromatic heterocycles. The van der Waals surface area contributed by atoms with Crippen LogP contribution >= 0.6 is 0 Å². The maximum Gasteiger partial charge on any atom is 0.397 e. The van der Waals surface area contributed by atoms with Crippen molar-refractivity contribution in [1.82, 2.24) is 4.90 Å². The second-order valence-corrected chi connectivity index (χ2v) is 8.62. The average Bonchev–Trinajstić information content (AvgIpc) is 2.99. The Kier molecular flexibility index (Phi) is 7.99. The highest BCUT2D eigenvalue weighted by atomic mass is 32.3. The van der Waals surface area contributed by atoms with E-state index in [0.29, 0.717) is 0 Å². The first kappa shape index (κ1) is 24.4. The standard InChI is InChI=1S/C18H27NO11S/c20-8-11-14(22)12(21)6-19(11)7-13-17(30-31(25,26)27)15(23)16(24)18(29-13)28-9-10-4-2-1-3-5-10/h1-5,11-18,20-24H,6-9H2,(H,25,26,27)/t11-,12-,13-,14-,15-,16-,17-,18-/m1/s1. The molecule has 0 spiro atoms. The number of likely N-dealkylation sites (tertiary alicyclic amines) is 1. The van der Waals surface area contributed by atoms with Crippen molar-refractivity contribution >= 4 is 10.4 Å². The van der Waals surface area contributed by atoms with E-state index in [9.17, 15) is 34.0 Å². The van der Waals surface area contributed by atoms with Crippen LogP contribution in [0, 0.1) is 0 Å². The van der Waals surface area contributed by atoms with Crippen molar-refractivity contribution in [3.8, 4) is 0 Å². The van der Waals surface area contributed by atoms with E-state index >= 15 is 0 Å². The van der Waals surface area contributed by atoms with Crippen LogP contribution in [-0.4, -0.2) is 112 Å². The third-order valence-corrected chi connectivity index (χ3v) is 5.88. The number of aliphatic hydroxyl groups is 5. The summed E-state index contributed by atoms with van der Waals surface area (Å²) >= 11 is 0. The lowest BCUT2D eigenvalue weighted by Crippen LogP contribution is -2.62. The average molecular weight is 465 g/mol. The lowest BCUT2D eigenvalue weighted by molar-refractivity contribution is -0.298. The van der Waals surface area contributed by atoms with Crippen LogP contribution in [0.25, 0.3) is 0 Å². The number of ether oxygens (including phenoxy) is 2. The van der Waals surface area contributed by atoms with E-state index < -0.39 is 66.0 Å². The van der Waals surface area contributed by atoms with Crippen molar-refractivity contribution < 1.29 is 52.2 Å². The molecule has 1 aromatic rings. The van der Waals surface area contributed by atoms with Crippen LogP contribution < -0.4 is 0 Å². The molecular weight excluding hydrogens is 438 g/mol. The van der Waals surface area contributed by atoms with Crippen LogP contribution in [0.15, 0.2) is 30.3 Å². The molecule has 0 aliphatic carbocycles. The van der Waals surface area contributed by atoms with E-state index in [-0.39, 0.29) is 19.7 Å². The Hall–Kier alpha value is -1.23. The fourth-order valence-corrected chi connectivity index (χ4v) is 4.34. The van der Waals surface area contributed by atoms with Gasteiger partial charge in [-0.05, 0) is 5.56 Å². The molecule has 31 heavy (non-hydrogen) atoms. The quantitative estimate of drug-likeness (QED) is 0.217. The van der Waals surface area contributed by atoms with Crippen molar-refractivity contribution in [3.05, 3.63) is 35.9 Å². The van der Waals surface area contributed by atoms with Crippen LogP contribution in [-0.2, 0) is 30.7 Å². The highest BCUT2D eigenvalue weighted by molar-refractivity contribution is 7.80. The molecule has 2 fully saturated rings. The summed E-state index contributed by atoms with van der Waals surface area (Å²) in [5.41, 5.74) is 0.756. The van der Waals surface area contributed by atoms with Crippen LogP contribution in [0.2, 0.25) is 0 Å². The normalized spacial score (nSPS) is 37.2. The van der Waals surface area contributed by atoms with E-state index in [0.717, 1.165) is 5.56 Å². The molecule has 12 nitrogen and oxygen atoms in total. The van der Waals surface area contributed by atoms with Gasteiger partial charge in [0.1, 0.15) is 24.4 Å². The van der Waals surface area contributed by atoms with Gasteiger partial charge in [-0.15, -0.1) is 0 Å². The van der Waals surface area contributed by atoms with Crippen LogP contribution in [0.3, 0.4) is 0 Å². The predicted molar refractivity (Wildman–Crippen MR) is 103 cm³/mol. The molecule has 0 amide bonds. The summed E-state index contributed by atoms with van der Waals surface area (Å²) in [6.45, 7) is -0.770. The minimum absolute atomic E-state index is 0.0201. The minimum atomic E-state index is -5.02. The molecule has 2 saturated heterocycles. The van der Waals surface area contributed by atoms with Gasteiger partial charge >= 0.3 is 10.4 Å². The van der Waals surface area contributed by atoms with Crippen molar-refractivity contribution in [1.29, 1.82) is 0 Å². The Morgan fingerprint density at radius 1 is 1.06 bits per heavy atom. The van der Waals surface area contributed by atoms with Crippen molar-refractivity contribution in [2.75, 3.05) is 19.7 Å². The Bertz CT molecular complexity index is 810. The predicted octanol–water partition coefficient (Wildman–Crippen LogP) is -2.76. The van der Waals surface area contributed by atoms with E-state index in [1.165, 1.54) is 4.90 Å². The number of β-amino-alcohol motifs (C(OH)–C–C–N with tert-alkyl or cyclic N) is 1. The summed E-state index contributed by atoms with van der Waals surface area (Å²) in [5.74, 6) is 0. The zero-order chi connectivity index (χ0) is 22.8. The highest BCUT2D eigenvalue weighted by Gasteiger charge is 2.50. The fraction of sp³-hybridized carbons (Fsp3) is 0.667. The second-order valence-electron chi connectivity index (χ2n) is 7.57. The minimum Gasteiger partial charge on any atom is -0.395 e. The summed E-state index contributed by atoms with van der Waals surface area (Å²) in [6.07, 6.45) is -10.3. The highest BCUT2D eigenvalue weighted by Crippen LogP contribution is 2.29. The molecule has 6 N–H and O–H groups in total. The molecule has 2 heterocycles. The molecule has 0 saturated carbocycles. The van der Waals surface area contributed by atoms with Gasteiger partial charge in [0.25, 0.3) is 0 Å². The van der Waals surface area contributed by atoms with Gasteiger partial charge in [-0.3, -0.25) is 9.45 Å². The molecule has 0 radical (unpaired) electrons. The van der Waals surface area contributed by atoms with Gasteiger partial charge in [0.2, 0.25) is 0 Å². The molecule has 0 bridgehead atoms. The second kappa shape index (κ2) is 10.1. The van der Waals surface area contributed by atoms with Crippen LogP contribution in [0.5, 0.6) is 0 Å². The zero-order valence-corrected chi connectivity index (χ0v) is 17.2. The third kappa shape index (κ3) is 5.97. The van der Waals surface area contributed by atoms with Crippen molar-refractivity contribution in [2.45, 2.75) is 55.6 Å². The molecule has 176 valence electrons. The van der Waals surface area contributed by atoms with E-state index in [4.69, 9.17) is 14.0 Å². The molecule has 3 rings (SSSR count). The van der Waals surface area contributed by atoms with Gasteiger partial charge in [-0.2, -0.15) is 8.42 Å². The summed E-state index contributed by atoms with van der Waals surface area (Å²) in [5, 5.41) is 50.2. The van der Waals surface area contributed by atoms with Crippen molar-refractivity contribution in [2.24, 2.45) is 0 Å². The Balaban J connectivity index is 1.77. The first-order valence-corrected chi connectivity index (χ1v) is 11.0. The molecule has 1 aromatic carbocycles. The summed E-state index contributed by atoms with van der Waals surface area (Å²) < 4.78 is 47.4. The molecular formula is C18H27NO11S. The Labute approximate surface area is 179 Å². The van der Waals surface area contributed by atoms with E-state index in [2.05, 4.69) is 4.18 Å². The molecule has 2 aliphatic rings. The lowest BCUT2D eigenvalue weighted by atomic mass is 9.98. The van der Waals surface area contributed by atoms with Gasteiger partial charge in [0.05, 0.1) is 31.5 Å². The summed E-state index contributed by atoms with van der Waals surface area (Å²) in [7, 11) is -5.02. The van der Waals surface area contributed by atoms with E-state index in [1.54, 1.807) is 24.3 Å². The largest absolute Gasteiger partial charge is 0.397 e. The third-order valence-electron chi connectivity index (χ3n) is 5.41. The van der Waals surface area contributed by atoms with Gasteiger partial charge in [0.15, 0.2) is 6.29 Å². The molecule has 0 unspecified atom stereocenters. The first-order chi connectivity index (χ1) is 14.6. The van der Waals surface area contributed by atoms with Gasteiger partial charge in [-0.25, -0.2) is 4.18 Å². The topological polar surface area (TPSA) is 186 Å².